The topological polar surface area (TPSA) is 94.0 Å². The van der Waals surface area contributed by atoms with Crippen LogP contribution < -0.4 is 0 Å². The van der Waals surface area contributed by atoms with E-state index in [0.29, 0.717) is 5.56 Å². The van der Waals surface area contributed by atoms with Gasteiger partial charge in [0.15, 0.2) is 0 Å². The van der Waals surface area contributed by atoms with Crippen LogP contribution in [-0.2, 0) is 0 Å². The van der Waals surface area contributed by atoms with Gasteiger partial charge in [-0.25, -0.2) is 0 Å². The monoisotopic (exact) mass is 242 g/mol. The Labute approximate surface area is 104 Å². The Bertz CT molecular complexity index is 591. The maximum absolute atomic E-state index is 10.9. The first-order valence-electron chi connectivity index (χ1n) is 4.97. The van der Waals surface area contributed by atoms with Gasteiger partial charge < -0.3 is 4.90 Å². The molecule has 0 fully saturated rings. The van der Waals surface area contributed by atoms with Crippen molar-refractivity contribution in [2.45, 2.75) is 0 Å². The minimum Gasteiger partial charge on any atom is -0.383 e. The first-order chi connectivity index (χ1) is 8.49. The average Bonchev–Trinajstić information content (AvgIpc) is 2.34. The van der Waals surface area contributed by atoms with Crippen LogP contribution in [-0.4, -0.2) is 23.9 Å². The van der Waals surface area contributed by atoms with Crippen molar-refractivity contribution in [3.8, 4) is 12.1 Å². The number of rotatable bonds is 3. The van der Waals surface area contributed by atoms with Crippen LogP contribution in [0, 0.1) is 32.8 Å². The van der Waals surface area contributed by atoms with E-state index >= 15 is 0 Å². The summed E-state index contributed by atoms with van der Waals surface area (Å²) in [4.78, 5) is 12.0. The largest absolute Gasteiger partial charge is 0.383 e. The number of hydrogen-bond acceptors (Lipinski definition) is 5. The van der Waals surface area contributed by atoms with E-state index in [9.17, 15) is 10.1 Å². The smallest absolute Gasteiger partial charge is 0.278 e. The van der Waals surface area contributed by atoms with Gasteiger partial charge in [-0.3, -0.25) is 10.1 Å². The summed E-state index contributed by atoms with van der Waals surface area (Å²) in [6.45, 7) is 0. The molecule has 1 rings (SSSR count). The van der Waals surface area contributed by atoms with Crippen molar-refractivity contribution < 1.29 is 4.92 Å². The molecule has 0 aromatic heterocycles. The molecule has 6 heteroatoms. The molecule has 1 aromatic carbocycles. The Hall–Kier alpha value is -2.86. The third-order valence-corrected chi connectivity index (χ3v) is 2.16. The van der Waals surface area contributed by atoms with Gasteiger partial charge in [-0.05, 0) is 18.3 Å². The number of nitrogens with zero attached hydrogens (tertiary/aromatic N) is 4. The van der Waals surface area contributed by atoms with Crippen molar-refractivity contribution in [3.05, 3.63) is 45.1 Å². The Balaban J connectivity index is 3.45. The van der Waals surface area contributed by atoms with Crippen LogP contribution in [0.25, 0.3) is 6.08 Å². The van der Waals surface area contributed by atoms with Crippen molar-refractivity contribution in [1.82, 2.24) is 4.90 Å². The SMILES string of the molecule is CN(C)/C=C/c1cc(C#N)c(C#N)cc1[N+](=O)[O-]. The minimum absolute atomic E-state index is 0.00574. The molecular weight excluding hydrogens is 232 g/mol. The second-order valence-electron chi connectivity index (χ2n) is 3.72. The molecule has 1 aromatic rings. The zero-order chi connectivity index (χ0) is 13.7. The van der Waals surface area contributed by atoms with Crippen LogP contribution in [0.2, 0.25) is 0 Å². The predicted octanol–water partition coefficient (Wildman–Crippen LogP) is 1.87. The molecule has 0 amide bonds. The van der Waals surface area contributed by atoms with Gasteiger partial charge >= 0.3 is 0 Å². The summed E-state index contributed by atoms with van der Waals surface area (Å²) in [6, 6.07) is 6.08. The molecule has 0 atom stereocenters. The Morgan fingerprint density at radius 2 is 1.83 bits per heavy atom. The second-order valence-corrected chi connectivity index (χ2v) is 3.72. The molecular formula is C12H10N4O2. The number of nitro groups is 1. The van der Waals surface area contributed by atoms with Gasteiger partial charge in [0.25, 0.3) is 5.69 Å². The van der Waals surface area contributed by atoms with Gasteiger partial charge in [0.2, 0.25) is 0 Å². The van der Waals surface area contributed by atoms with Crippen LogP contribution in [0.5, 0.6) is 0 Å². The maximum atomic E-state index is 10.9. The molecule has 0 saturated carbocycles. The van der Waals surface area contributed by atoms with E-state index in [1.165, 1.54) is 12.1 Å². The van der Waals surface area contributed by atoms with E-state index in [-0.39, 0.29) is 16.8 Å². The fraction of sp³-hybridized carbons (Fsp3) is 0.167. The zero-order valence-electron chi connectivity index (χ0n) is 9.91. The zero-order valence-corrected chi connectivity index (χ0v) is 9.91. The molecule has 0 aliphatic carbocycles. The molecule has 0 saturated heterocycles. The number of nitriles is 2. The molecule has 0 spiro atoms. The van der Waals surface area contributed by atoms with Gasteiger partial charge in [0.05, 0.1) is 21.6 Å². The van der Waals surface area contributed by atoms with Crippen molar-refractivity contribution in [2.24, 2.45) is 0 Å². The van der Waals surface area contributed by atoms with Gasteiger partial charge in [0.1, 0.15) is 12.1 Å². The minimum atomic E-state index is -0.572. The number of benzene rings is 1. The highest BCUT2D eigenvalue weighted by Crippen LogP contribution is 2.24. The fourth-order valence-corrected chi connectivity index (χ4v) is 1.31. The van der Waals surface area contributed by atoms with Gasteiger partial charge in [-0.2, -0.15) is 10.5 Å². The average molecular weight is 242 g/mol. The van der Waals surface area contributed by atoms with Gasteiger partial charge in [-0.15, -0.1) is 0 Å². The summed E-state index contributed by atoms with van der Waals surface area (Å²) < 4.78 is 0. The van der Waals surface area contributed by atoms with E-state index in [2.05, 4.69) is 0 Å². The molecule has 0 bridgehead atoms. The first kappa shape index (κ1) is 13.2. The van der Waals surface area contributed by atoms with Gasteiger partial charge in [0, 0.05) is 20.2 Å². The van der Waals surface area contributed by atoms with Crippen molar-refractivity contribution in [3.63, 3.8) is 0 Å². The normalized spacial score (nSPS) is 9.78. The molecule has 6 nitrogen and oxygen atoms in total. The van der Waals surface area contributed by atoms with Crippen LogP contribution in [0.4, 0.5) is 5.69 Å². The highest BCUT2D eigenvalue weighted by molar-refractivity contribution is 5.66. The molecule has 0 aliphatic rings. The van der Waals surface area contributed by atoms with Gasteiger partial charge in [-0.1, -0.05) is 0 Å². The van der Waals surface area contributed by atoms with Crippen LogP contribution in [0.1, 0.15) is 16.7 Å². The van der Waals surface area contributed by atoms with E-state index in [1.807, 2.05) is 6.07 Å². The molecule has 0 aliphatic heterocycles. The summed E-state index contributed by atoms with van der Waals surface area (Å²) in [5.74, 6) is 0. The van der Waals surface area contributed by atoms with E-state index < -0.39 is 4.92 Å². The van der Waals surface area contributed by atoms with Crippen molar-refractivity contribution in [2.75, 3.05) is 14.1 Å². The highest BCUT2D eigenvalue weighted by atomic mass is 16.6. The predicted molar refractivity (Wildman–Crippen MR) is 65.2 cm³/mol. The van der Waals surface area contributed by atoms with E-state index in [4.69, 9.17) is 10.5 Å². The Kier molecular flexibility index (Phi) is 4.01. The third-order valence-electron chi connectivity index (χ3n) is 2.16. The molecule has 0 heterocycles. The Morgan fingerprint density at radius 1 is 1.28 bits per heavy atom. The standard InChI is InChI=1S/C12H10N4O2/c1-15(2)4-3-9-5-10(7-13)11(8-14)6-12(9)16(17)18/h3-6H,1-2H3/b4-3+. The first-order valence-corrected chi connectivity index (χ1v) is 4.97. The molecule has 18 heavy (non-hydrogen) atoms. The summed E-state index contributed by atoms with van der Waals surface area (Å²) in [5.41, 5.74) is 0.237. The lowest BCUT2D eigenvalue weighted by Crippen LogP contribution is -2.01. The van der Waals surface area contributed by atoms with E-state index in [1.54, 1.807) is 31.3 Å². The van der Waals surface area contributed by atoms with Crippen molar-refractivity contribution in [1.29, 1.82) is 10.5 Å². The lowest BCUT2D eigenvalue weighted by atomic mass is 10.0. The fourth-order valence-electron chi connectivity index (χ4n) is 1.31. The van der Waals surface area contributed by atoms with Crippen LogP contribution in [0.3, 0.4) is 0 Å². The summed E-state index contributed by atoms with van der Waals surface area (Å²) in [6.07, 6.45) is 3.16. The number of nitro benzene ring substituents is 1. The number of hydrogen-bond donors (Lipinski definition) is 0. The van der Waals surface area contributed by atoms with E-state index in [0.717, 1.165) is 6.07 Å². The molecule has 0 unspecified atom stereocenters. The summed E-state index contributed by atoms with van der Waals surface area (Å²) >= 11 is 0. The quantitative estimate of drug-likeness (QED) is 0.595. The van der Waals surface area contributed by atoms with Crippen LogP contribution in [0.15, 0.2) is 18.3 Å². The highest BCUT2D eigenvalue weighted by Gasteiger charge is 2.16. The van der Waals surface area contributed by atoms with Crippen molar-refractivity contribution >= 4 is 11.8 Å². The molecule has 0 radical (unpaired) electrons. The maximum Gasteiger partial charge on any atom is 0.278 e. The molecule has 0 N–H and O–H groups in total. The second kappa shape index (κ2) is 5.46. The summed E-state index contributed by atoms with van der Waals surface area (Å²) in [7, 11) is 3.55. The lowest BCUT2D eigenvalue weighted by molar-refractivity contribution is -0.385. The summed E-state index contributed by atoms with van der Waals surface area (Å²) in [5, 5.41) is 28.6. The van der Waals surface area contributed by atoms with Crippen LogP contribution >= 0.6 is 0 Å². The molecule has 90 valence electrons. The third kappa shape index (κ3) is 2.83. The Morgan fingerprint density at radius 3 is 2.28 bits per heavy atom. The lowest BCUT2D eigenvalue weighted by Gasteiger charge is -2.04.